The van der Waals surface area contributed by atoms with Gasteiger partial charge in [-0.3, -0.25) is 0 Å². The Labute approximate surface area is 120 Å². The SMILES string of the molecule is CCOC(=O)C(O)c1cc2c(c(Cl)c1F)OCCCO2. The van der Waals surface area contributed by atoms with Crippen LogP contribution in [0.4, 0.5) is 4.39 Å². The lowest BCUT2D eigenvalue weighted by Gasteiger charge is -2.16. The molecule has 0 radical (unpaired) electrons. The van der Waals surface area contributed by atoms with E-state index in [9.17, 15) is 14.3 Å². The van der Waals surface area contributed by atoms with Crippen LogP contribution in [-0.2, 0) is 9.53 Å². The van der Waals surface area contributed by atoms with E-state index in [4.69, 9.17) is 21.1 Å². The van der Waals surface area contributed by atoms with Gasteiger partial charge in [0.25, 0.3) is 0 Å². The first-order valence-electron chi connectivity index (χ1n) is 6.18. The number of benzene rings is 1. The zero-order valence-electron chi connectivity index (χ0n) is 10.8. The third-order valence-electron chi connectivity index (χ3n) is 2.75. The van der Waals surface area contributed by atoms with Crippen molar-refractivity contribution >= 4 is 17.6 Å². The molecule has 7 heteroatoms. The number of carbonyl (C=O) groups is 1. The van der Waals surface area contributed by atoms with Gasteiger partial charge in [-0.1, -0.05) is 11.6 Å². The number of esters is 1. The van der Waals surface area contributed by atoms with Crippen LogP contribution in [0.1, 0.15) is 25.0 Å². The van der Waals surface area contributed by atoms with Crippen LogP contribution in [0.3, 0.4) is 0 Å². The lowest BCUT2D eigenvalue weighted by molar-refractivity contribution is -0.153. The Morgan fingerprint density at radius 1 is 1.55 bits per heavy atom. The molecule has 0 saturated heterocycles. The Morgan fingerprint density at radius 2 is 2.25 bits per heavy atom. The summed E-state index contributed by atoms with van der Waals surface area (Å²) in [7, 11) is 0. The summed E-state index contributed by atoms with van der Waals surface area (Å²) < 4.78 is 29.5. The van der Waals surface area contributed by atoms with Crippen molar-refractivity contribution in [3.63, 3.8) is 0 Å². The Morgan fingerprint density at radius 3 is 2.95 bits per heavy atom. The van der Waals surface area contributed by atoms with E-state index >= 15 is 0 Å². The molecule has 110 valence electrons. The number of fused-ring (bicyclic) bond motifs is 1. The fraction of sp³-hybridized carbons (Fsp3) is 0.462. The second kappa shape index (κ2) is 6.28. The maximum absolute atomic E-state index is 14.1. The quantitative estimate of drug-likeness (QED) is 0.868. The third-order valence-corrected chi connectivity index (χ3v) is 3.09. The molecule has 0 fully saturated rings. The van der Waals surface area contributed by atoms with E-state index in [0.29, 0.717) is 19.6 Å². The number of halogens is 2. The third kappa shape index (κ3) is 2.81. The normalized spacial score (nSPS) is 15.4. The van der Waals surface area contributed by atoms with Gasteiger partial charge >= 0.3 is 5.97 Å². The summed E-state index contributed by atoms with van der Waals surface area (Å²) >= 11 is 5.87. The zero-order chi connectivity index (χ0) is 14.7. The van der Waals surface area contributed by atoms with E-state index in [1.54, 1.807) is 6.92 Å². The van der Waals surface area contributed by atoms with Crippen molar-refractivity contribution in [2.45, 2.75) is 19.4 Å². The number of hydrogen-bond donors (Lipinski definition) is 1. The van der Waals surface area contributed by atoms with Gasteiger partial charge in [0, 0.05) is 12.0 Å². The van der Waals surface area contributed by atoms with Gasteiger partial charge in [-0.25, -0.2) is 9.18 Å². The first-order valence-corrected chi connectivity index (χ1v) is 6.56. The number of hydrogen-bond acceptors (Lipinski definition) is 5. The molecule has 20 heavy (non-hydrogen) atoms. The molecule has 1 aliphatic rings. The van der Waals surface area contributed by atoms with Crippen molar-refractivity contribution in [1.29, 1.82) is 0 Å². The van der Waals surface area contributed by atoms with Crippen molar-refractivity contribution in [1.82, 2.24) is 0 Å². The van der Waals surface area contributed by atoms with Crippen molar-refractivity contribution in [3.8, 4) is 11.5 Å². The van der Waals surface area contributed by atoms with Crippen molar-refractivity contribution in [3.05, 3.63) is 22.5 Å². The molecule has 1 N–H and O–H groups in total. The summed E-state index contributed by atoms with van der Waals surface area (Å²) in [5.74, 6) is -1.58. The predicted octanol–water partition coefficient (Wildman–Crippen LogP) is 2.24. The van der Waals surface area contributed by atoms with Crippen LogP contribution in [-0.4, -0.2) is 30.9 Å². The first-order chi connectivity index (χ1) is 9.56. The summed E-state index contributed by atoms with van der Waals surface area (Å²) in [4.78, 5) is 11.5. The van der Waals surface area contributed by atoms with E-state index in [1.807, 2.05) is 0 Å². The largest absolute Gasteiger partial charge is 0.489 e. The highest BCUT2D eigenvalue weighted by Crippen LogP contribution is 2.41. The van der Waals surface area contributed by atoms with Crippen LogP contribution >= 0.6 is 11.6 Å². The lowest BCUT2D eigenvalue weighted by atomic mass is 10.1. The molecule has 1 unspecified atom stereocenters. The number of ether oxygens (including phenoxy) is 3. The molecule has 0 amide bonds. The Balaban J connectivity index is 2.42. The molecule has 2 rings (SSSR count). The van der Waals surface area contributed by atoms with Gasteiger partial charge in [0.15, 0.2) is 23.4 Å². The van der Waals surface area contributed by atoms with E-state index < -0.39 is 17.9 Å². The first kappa shape index (κ1) is 14.9. The van der Waals surface area contributed by atoms with Gasteiger partial charge in [-0.15, -0.1) is 0 Å². The second-order valence-electron chi connectivity index (χ2n) is 4.13. The maximum Gasteiger partial charge on any atom is 0.339 e. The fourth-order valence-electron chi connectivity index (χ4n) is 1.81. The highest BCUT2D eigenvalue weighted by molar-refractivity contribution is 6.32. The van der Waals surface area contributed by atoms with E-state index in [1.165, 1.54) is 6.07 Å². The molecule has 0 aliphatic carbocycles. The second-order valence-corrected chi connectivity index (χ2v) is 4.50. The number of carbonyl (C=O) groups excluding carboxylic acids is 1. The number of rotatable bonds is 3. The van der Waals surface area contributed by atoms with Gasteiger partial charge in [-0.05, 0) is 13.0 Å². The molecule has 1 atom stereocenters. The molecule has 0 saturated carbocycles. The van der Waals surface area contributed by atoms with Gasteiger partial charge in [-0.2, -0.15) is 0 Å². The molecule has 1 heterocycles. The summed E-state index contributed by atoms with van der Waals surface area (Å²) in [5, 5.41) is 9.51. The van der Waals surface area contributed by atoms with Crippen molar-refractivity contribution < 1.29 is 28.5 Å². The summed E-state index contributed by atoms with van der Waals surface area (Å²) in [6, 6.07) is 1.21. The molecule has 1 aromatic rings. The van der Waals surface area contributed by atoms with Crippen LogP contribution < -0.4 is 9.47 Å². The minimum absolute atomic E-state index is 0.0792. The molecule has 5 nitrogen and oxygen atoms in total. The highest BCUT2D eigenvalue weighted by Gasteiger charge is 2.28. The van der Waals surface area contributed by atoms with Crippen LogP contribution in [0.15, 0.2) is 6.07 Å². The monoisotopic (exact) mass is 304 g/mol. The smallest absolute Gasteiger partial charge is 0.339 e. The molecule has 1 aliphatic heterocycles. The summed E-state index contributed by atoms with van der Waals surface area (Å²) in [6.45, 7) is 2.40. The van der Waals surface area contributed by atoms with Gasteiger partial charge < -0.3 is 19.3 Å². The standard InChI is InChI=1S/C13H14ClFO5/c1-2-18-13(17)11(16)7-6-8-12(9(14)10(7)15)20-5-3-4-19-8/h6,11,16H,2-5H2,1H3. The fourth-order valence-corrected chi connectivity index (χ4v) is 2.07. The number of aliphatic hydroxyl groups is 1. The van der Waals surface area contributed by atoms with E-state index in [-0.39, 0.29) is 28.7 Å². The molecule has 0 aromatic heterocycles. The zero-order valence-corrected chi connectivity index (χ0v) is 11.6. The van der Waals surface area contributed by atoms with Crippen molar-refractivity contribution in [2.24, 2.45) is 0 Å². The summed E-state index contributed by atoms with van der Waals surface area (Å²) in [5.41, 5.74) is -0.294. The molecule has 0 spiro atoms. The average Bonchev–Trinajstić information content (AvgIpc) is 2.67. The molecular weight excluding hydrogens is 291 g/mol. The minimum Gasteiger partial charge on any atom is -0.489 e. The predicted molar refractivity (Wildman–Crippen MR) is 68.6 cm³/mol. The van der Waals surface area contributed by atoms with Crippen LogP contribution in [0.2, 0.25) is 5.02 Å². The average molecular weight is 305 g/mol. The summed E-state index contributed by atoms with van der Waals surface area (Å²) in [6.07, 6.45) is -1.13. The van der Waals surface area contributed by atoms with Gasteiger partial charge in [0.2, 0.25) is 0 Å². The molecule has 1 aromatic carbocycles. The van der Waals surface area contributed by atoms with Crippen LogP contribution in [0.5, 0.6) is 11.5 Å². The maximum atomic E-state index is 14.1. The van der Waals surface area contributed by atoms with Gasteiger partial charge in [0.1, 0.15) is 5.02 Å². The topological polar surface area (TPSA) is 65.0 Å². The Bertz CT molecular complexity index is 520. The molecular formula is C13H14ClFO5. The van der Waals surface area contributed by atoms with Crippen LogP contribution in [0, 0.1) is 5.82 Å². The minimum atomic E-state index is -1.76. The highest BCUT2D eigenvalue weighted by atomic mass is 35.5. The lowest BCUT2D eigenvalue weighted by Crippen LogP contribution is -2.17. The van der Waals surface area contributed by atoms with Gasteiger partial charge in [0.05, 0.1) is 19.8 Å². The Hall–Kier alpha value is -1.53. The van der Waals surface area contributed by atoms with Crippen LogP contribution in [0.25, 0.3) is 0 Å². The number of aliphatic hydroxyl groups excluding tert-OH is 1. The Kier molecular flexibility index (Phi) is 4.67. The van der Waals surface area contributed by atoms with Crippen molar-refractivity contribution in [2.75, 3.05) is 19.8 Å². The molecule has 0 bridgehead atoms. The van der Waals surface area contributed by atoms with E-state index in [0.717, 1.165) is 0 Å². The van der Waals surface area contributed by atoms with E-state index in [2.05, 4.69) is 4.74 Å².